The van der Waals surface area contributed by atoms with Crippen molar-refractivity contribution < 1.29 is 8.95 Å². The molecule has 5 nitrogen and oxygen atoms in total. The van der Waals surface area contributed by atoms with Crippen LogP contribution in [-0.4, -0.2) is 45.2 Å². The average Bonchev–Trinajstić information content (AvgIpc) is 3.30. The van der Waals surface area contributed by atoms with Crippen molar-refractivity contribution >= 4 is 28.2 Å². The van der Waals surface area contributed by atoms with Gasteiger partial charge in [-0.25, -0.2) is 9.97 Å². The predicted molar refractivity (Wildman–Crippen MR) is 91.4 cm³/mol. The molecule has 23 heavy (non-hydrogen) atoms. The Bertz CT molecular complexity index is 634. The molecule has 3 fully saturated rings. The third-order valence-corrected chi connectivity index (χ3v) is 7.82. The van der Waals surface area contributed by atoms with Crippen LogP contribution in [0.3, 0.4) is 0 Å². The molecule has 1 saturated heterocycles. The van der Waals surface area contributed by atoms with E-state index >= 15 is 0 Å². The summed E-state index contributed by atoms with van der Waals surface area (Å²) in [5, 5.41) is 0.616. The standard InChI is InChI=1S/C16H22ClN3O2S/c1-11-10-22-8-7-20(11)14-9-13(18-15(17)19-14)16(5-2-6-16)23(21)12-3-4-12/h9,11-12H,2-8,10H2,1H3/t11-,23?/m0/s1. The fourth-order valence-electron chi connectivity index (χ4n) is 3.51. The molecule has 1 unspecified atom stereocenters. The van der Waals surface area contributed by atoms with Crippen LogP contribution in [0.25, 0.3) is 0 Å². The first kappa shape index (κ1) is 15.8. The van der Waals surface area contributed by atoms with Crippen LogP contribution in [0.4, 0.5) is 5.82 Å². The summed E-state index contributed by atoms with van der Waals surface area (Å²) in [5.41, 5.74) is 0.877. The van der Waals surface area contributed by atoms with E-state index in [0.29, 0.717) is 18.5 Å². The van der Waals surface area contributed by atoms with Crippen LogP contribution in [0.15, 0.2) is 6.07 Å². The molecule has 1 aromatic rings. The van der Waals surface area contributed by atoms with Gasteiger partial charge in [-0.15, -0.1) is 0 Å². The van der Waals surface area contributed by atoms with E-state index in [1.165, 1.54) is 0 Å². The third-order valence-electron chi connectivity index (χ3n) is 5.19. The van der Waals surface area contributed by atoms with Crippen LogP contribution in [0, 0.1) is 0 Å². The topological polar surface area (TPSA) is 55.3 Å². The fourth-order valence-corrected chi connectivity index (χ4v) is 5.89. The van der Waals surface area contributed by atoms with E-state index in [-0.39, 0.29) is 16.1 Å². The first-order valence-electron chi connectivity index (χ1n) is 8.40. The molecule has 4 rings (SSSR count). The normalized spacial score (nSPS) is 28.3. The van der Waals surface area contributed by atoms with Crippen molar-refractivity contribution in [3.63, 3.8) is 0 Å². The van der Waals surface area contributed by atoms with Crippen molar-refractivity contribution in [1.29, 1.82) is 0 Å². The van der Waals surface area contributed by atoms with Gasteiger partial charge in [0.15, 0.2) is 0 Å². The maximum atomic E-state index is 12.9. The number of hydrogen-bond acceptors (Lipinski definition) is 5. The summed E-state index contributed by atoms with van der Waals surface area (Å²) in [6.07, 6.45) is 5.17. The Kier molecular flexibility index (Phi) is 4.10. The molecule has 7 heteroatoms. The smallest absolute Gasteiger partial charge is 0.224 e. The van der Waals surface area contributed by atoms with Gasteiger partial charge in [0.2, 0.25) is 5.28 Å². The molecule has 2 heterocycles. The summed E-state index contributed by atoms with van der Waals surface area (Å²) in [5.74, 6) is 0.842. The van der Waals surface area contributed by atoms with Gasteiger partial charge in [-0.1, -0.05) is 0 Å². The zero-order valence-corrected chi connectivity index (χ0v) is 14.9. The molecule has 1 aromatic heterocycles. The number of morpholine rings is 1. The van der Waals surface area contributed by atoms with Crippen molar-refractivity contribution in [3.05, 3.63) is 17.0 Å². The number of rotatable bonds is 4. The Balaban J connectivity index is 1.70. The summed E-state index contributed by atoms with van der Waals surface area (Å²) < 4.78 is 18.2. The molecule has 0 bridgehead atoms. The van der Waals surface area contributed by atoms with E-state index in [0.717, 1.165) is 50.2 Å². The monoisotopic (exact) mass is 355 g/mol. The van der Waals surface area contributed by atoms with Crippen molar-refractivity contribution in [3.8, 4) is 0 Å². The second-order valence-electron chi connectivity index (χ2n) is 6.84. The lowest BCUT2D eigenvalue weighted by atomic mass is 9.81. The Morgan fingerprint density at radius 2 is 2.17 bits per heavy atom. The number of anilines is 1. The molecular weight excluding hydrogens is 334 g/mol. The lowest BCUT2D eigenvalue weighted by Gasteiger charge is -2.41. The van der Waals surface area contributed by atoms with E-state index in [1.54, 1.807) is 0 Å². The number of nitrogens with zero attached hydrogens (tertiary/aromatic N) is 3. The van der Waals surface area contributed by atoms with E-state index in [4.69, 9.17) is 16.3 Å². The summed E-state index contributed by atoms with van der Waals surface area (Å²) in [6.45, 7) is 4.31. The van der Waals surface area contributed by atoms with Crippen molar-refractivity contribution in [1.82, 2.24) is 9.97 Å². The highest BCUT2D eigenvalue weighted by Crippen LogP contribution is 2.51. The number of hydrogen-bond donors (Lipinski definition) is 0. The maximum Gasteiger partial charge on any atom is 0.224 e. The van der Waals surface area contributed by atoms with Gasteiger partial charge < -0.3 is 9.64 Å². The number of ether oxygens (including phenoxy) is 1. The van der Waals surface area contributed by atoms with E-state index in [9.17, 15) is 4.21 Å². The minimum absolute atomic E-state index is 0.258. The van der Waals surface area contributed by atoms with Gasteiger partial charge in [-0.3, -0.25) is 4.21 Å². The average molecular weight is 356 g/mol. The zero-order chi connectivity index (χ0) is 16.0. The Morgan fingerprint density at radius 3 is 2.78 bits per heavy atom. The second-order valence-corrected chi connectivity index (χ2v) is 9.22. The van der Waals surface area contributed by atoms with Gasteiger partial charge in [0, 0.05) is 28.7 Å². The Labute approximate surface area is 144 Å². The highest BCUT2D eigenvalue weighted by atomic mass is 35.5. The SMILES string of the molecule is C[C@H]1COCCN1c1cc(C2(S(=O)C3CC3)CCC2)nc(Cl)n1. The minimum Gasteiger partial charge on any atom is -0.377 e. The lowest BCUT2D eigenvalue weighted by molar-refractivity contribution is 0.0985. The molecule has 0 radical (unpaired) electrons. The number of aromatic nitrogens is 2. The summed E-state index contributed by atoms with van der Waals surface area (Å²) in [7, 11) is -0.851. The van der Waals surface area contributed by atoms with Crippen molar-refractivity contribution in [2.45, 2.75) is 55.1 Å². The molecule has 2 atom stereocenters. The second kappa shape index (κ2) is 5.97. The molecular formula is C16H22ClN3O2S. The first-order chi connectivity index (χ1) is 11.1. The van der Waals surface area contributed by atoms with E-state index < -0.39 is 10.8 Å². The quantitative estimate of drug-likeness (QED) is 0.777. The van der Waals surface area contributed by atoms with Crippen LogP contribution < -0.4 is 4.90 Å². The third kappa shape index (κ3) is 2.79. The molecule has 0 amide bonds. The fraction of sp³-hybridized carbons (Fsp3) is 0.750. The molecule has 126 valence electrons. The molecule has 3 aliphatic rings. The molecule has 0 aromatic carbocycles. The Morgan fingerprint density at radius 1 is 1.39 bits per heavy atom. The van der Waals surface area contributed by atoms with Crippen LogP contribution in [0.1, 0.15) is 44.7 Å². The Hall–Kier alpha value is -0.720. The van der Waals surface area contributed by atoms with E-state index in [1.807, 2.05) is 6.07 Å². The first-order valence-corrected chi connectivity index (χ1v) is 9.99. The maximum absolute atomic E-state index is 12.9. The molecule has 2 aliphatic carbocycles. The molecule has 1 aliphatic heterocycles. The van der Waals surface area contributed by atoms with E-state index in [2.05, 4.69) is 21.8 Å². The van der Waals surface area contributed by atoms with Gasteiger partial charge in [-0.2, -0.15) is 0 Å². The summed E-state index contributed by atoms with van der Waals surface area (Å²) in [6, 6.07) is 2.28. The molecule has 0 N–H and O–H groups in total. The summed E-state index contributed by atoms with van der Waals surface area (Å²) >= 11 is 6.22. The van der Waals surface area contributed by atoms with Crippen molar-refractivity contribution in [2.75, 3.05) is 24.7 Å². The molecule has 0 spiro atoms. The minimum atomic E-state index is -0.851. The van der Waals surface area contributed by atoms with Crippen LogP contribution >= 0.6 is 11.6 Å². The van der Waals surface area contributed by atoms with Crippen molar-refractivity contribution in [2.24, 2.45) is 0 Å². The largest absolute Gasteiger partial charge is 0.377 e. The van der Waals surface area contributed by atoms with Crippen LogP contribution in [-0.2, 0) is 20.3 Å². The summed E-state index contributed by atoms with van der Waals surface area (Å²) in [4.78, 5) is 11.1. The van der Waals surface area contributed by atoms with Gasteiger partial charge in [0.05, 0.1) is 29.7 Å². The highest BCUT2D eigenvalue weighted by molar-refractivity contribution is 7.87. The highest BCUT2D eigenvalue weighted by Gasteiger charge is 2.51. The lowest BCUT2D eigenvalue weighted by Crippen LogP contribution is -2.45. The number of halogens is 1. The van der Waals surface area contributed by atoms with Crippen LogP contribution in [0.2, 0.25) is 5.28 Å². The van der Waals surface area contributed by atoms with Gasteiger partial charge in [0.25, 0.3) is 0 Å². The zero-order valence-electron chi connectivity index (χ0n) is 13.3. The predicted octanol–water partition coefficient (Wildman–Crippen LogP) is 2.65. The van der Waals surface area contributed by atoms with Gasteiger partial charge >= 0.3 is 0 Å². The van der Waals surface area contributed by atoms with Crippen LogP contribution in [0.5, 0.6) is 0 Å². The molecule has 2 saturated carbocycles. The van der Waals surface area contributed by atoms with Gasteiger partial charge in [-0.05, 0) is 50.6 Å². The van der Waals surface area contributed by atoms with Gasteiger partial charge in [0.1, 0.15) is 5.82 Å².